The molecule has 0 bridgehead atoms. The second-order valence-corrected chi connectivity index (χ2v) is 5.40. The van der Waals surface area contributed by atoms with Crippen molar-refractivity contribution in [3.8, 4) is 11.5 Å². The van der Waals surface area contributed by atoms with E-state index in [0.29, 0.717) is 33.6 Å². The van der Waals surface area contributed by atoms with Gasteiger partial charge in [0.1, 0.15) is 22.6 Å². The van der Waals surface area contributed by atoms with Gasteiger partial charge in [0.05, 0.1) is 23.7 Å². The van der Waals surface area contributed by atoms with E-state index in [-0.39, 0.29) is 17.2 Å². The van der Waals surface area contributed by atoms with E-state index in [0.717, 1.165) is 0 Å². The van der Waals surface area contributed by atoms with E-state index in [9.17, 15) is 14.9 Å². The lowest BCUT2D eigenvalue weighted by atomic mass is 10.1. The Bertz CT molecular complexity index is 1050. The van der Waals surface area contributed by atoms with Crippen LogP contribution in [-0.2, 0) is 0 Å². The number of carbonyl (C=O) groups excluding carboxylic acids is 1. The molecule has 3 aromatic rings. The molecule has 0 unspecified atom stereocenters. The quantitative estimate of drug-likeness (QED) is 0.408. The average molecular weight is 337 g/mol. The fourth-order valence-corrected chi connectivity index (χ4v) is 2.79. The fraction of sp³-hybridized carbons (Fsp3) is 0.0556. The van der Waals surface area contributed by atoms with E-state index < -0.39 is 4.92 Å². The molecule has 25 heavy (non-hydrogen) atoms. The number of benzene rings is 2. The number of allylic oxidation sites excluding steroid dienone is 1. The van der Waals surface area contributed by atoms with Crippen molar-refractivity contribution in [2.75, 3.05) is 7.11 Å². The Kier molecular flexibility index (Phi) is 3.28. The number of furan rings is 1. The number of nitrogens with zero attached hydrogens (tertiary/aromatic N) is 1. The maximum absolute atomic E-state index is 12.7. The summed E-state index contributed by atoms with van der Waals surface area (Å²) in [5.41, 5.74) is 1.49. The number of rotatable bonds is 3. The first kappa shape index (κ1) is 14.9. The van der Waals surface area contributed by atoms with Crippen molar-refractivity contribution in [1.29, 1.82) is 0 Å². The lowest BCUT2D eigenvalue weighted by Crippen LogP contribution is -2.00. The molecule has 7 nitrogen and oxygen atoms in total. The molecule has 0 atom stereocenters. The highest BCUT2D eigenvalue weighted by atomic mass is 16.6. The van der Waals surface area contributed by atoms with Gasteiger partial charge in [0.15, 0.2) is 5.76 Å². The Hall–Kier alpha value is -3.61. The summed E-state index contributed by atoms with van der Waals surface area (Å²) >= 11 is 0. The molecule has 1 aliphatic rings. The zero-order chi connectivity index (χ0) is 17.6. The summed E-state index contributed by atoms with van der Waals surface area (Å²) in [6, 6.07) is 9.20. The molecule has 1 aromatic heterocycles. The van der Waals surface area contributed by atoms with Crippen LogP contribution in [0, 0.1) is 10.1 Å². The Balaban J connectivity index is 1.76. The van der Waals surface area contributed by atoms with Gasteiger partial charge in [0.2, 0.25) is 5.78 Å². The van der Waals surface area contributed by atoms with Crippen LogP contribution in [0.3, 0.4) is 0 Å². The zero-order valence-corrected chi connectivity index (χ0v) is 13.0. The molecule has 2 aromatic carbocycles. The van der Waals surface area contributed by atoms with Gasteiger partial charge < -0.3 is 13.9 Å². The fourth-order valence-electron chi connectivity index (χ4n) is 2.79. The monoisotopic (exact) mass is 337 g/mol. The maximum atomic E-state index is 12.7. The van der Waals surface area contributed by atoms with E-state index >= 15 is 0 Å². The summed E-state index contributed by atoms with van der Waals surface area (Å²) in [5, 5.41) is 11.4. The third-order valence-corrected chi connectivity index (χ3v) is 3.95. The van der Waals surface area contributed by atoms with Gasteiger partial charge in [-0.3, -0.25) is 14.9 Å². The Morgan fingerprint density at radius 2 is 1.96 bits per heavy atom. The molecule has 0 N–H and O–H groups in total. The topological polar surface area (TPSA) is 91.8 Å². The molecule has 0 saturated carbocycles. The van der Waals surface area contributed by atoms with Gasteiger partial charge in [-0.05, 0) is 29.8 Å². The van der Waals surface area contributed by atoms with Crippen LogP contribution in [0.15, 0.2) is 52.8 Å². The lowest BCUT2D eigenvalue weighted by Gasteiger charge is -2.04. The highest BCUT2D eigenvalue weighted by Gasteiger charge is 2.33. The van der Waals surface area contributed by atoms with Gasteiger partial charge in [-0.25, -0.2) is 0 Å². The number of ketones is 1. The van der Waals surface area contributed by atoms with Gasteiger partial charge in [0, 0.05) is 18.2 Å². The summed E-state index contributed by atoms with van der Waals surface area (Å²) in [7, 11) is 1.48. The van der Waals surface area contributed by atoms with E-state index in [4.69, 9.17) is 13.9 Å². The third-order valence-electron chi connectivity index (χ3n) is 3.95. The van der Waals surface area contributed by atoms with Crippen LogP contribution in [0.4, 0.5) is 5.69 Å². The van der Waals surface area contributed by atoms with Crippen LogP contribution in [0.25, 0.3) is 17.0 Å². The number of methoxy groups -OCH3 is 1. The number of Topliss-reactive ketones (excluding diaryl/α,β-unsaturated/α-hetero) is 1. The van der Waals surface area contributed by atoms with Crippen molar-refractivity contribution < 1.29 is 23.6 Å². The Morgan fingerprint density at radius 3 is 2.64 bits per heavy atom. The van der Waals surface area contributed by atoms with Crippen LogP contribution in [0.2, 0.25) is 0 Å². The van der Waals surface area contributed by atoms with Gasteiger partial charge in [-0.2, -0.15) is 0 Å². The second kappa shape index (κ2) is 5.48. The molecule has 0 radical (unpaired) electrons. The number of fused-ring (bicyclic) bond motifs is 2. The standard InChI is InChI=1S/C18H11NO6/c1-23-18-12-6-7-24-13(12)9-14-16(18)17(20)15(25-14)8-10-2-4-11(5-3-10)19(21)22/h2-9H,1H3/b15-8+. The smallest absolute Gasteiger partial charge is 0.269 e. The summed E-state index contributed by atoms with van der Waals surface area (Å²) in [4.78, 5) is 22.9. The predicted octanol–water partition coefficient (Wildman–Crippen LogP) is 3.97. The predicted molar refractivity (Wildman–Crippen MR) is 88.8 cm³/mol. The van der Waals surface area contributed by atoms with E-state index in [1.54, 1.807) is 24.3 Å². The Labute approximate surface area is 141 Å². The molecule has 2 heterocycles. The molecular weight excluding hydrogens is 326 g/mol. The first-order valence-corrected chi connectivity index (χ1v) is 7.35. The van der Waals surface area contributed by atoms with Crippen molar-refractivity contribution in [3.05, 3.63) is 69.7 Å². The second-order valence-electron chi connectivity index (χ2n) is 5.40. The van der Waals surface area contributed by atoms with Crippen molar-refractivity contribution in [2.24, 2.45) is 0 Å². The SMILES string of the molecule is COc1c2c(cc3occc13)O/C(=C/c1ccc([N+](=O)[O-])cc1)C2=O. The molecule has 0 fully saturated rings. The summed E-state index contributed by atoms with van der Waals surface area (Å²) in [6.07, 6.45) is 3.05. The van der Waals surface area contributed by atoms with Crippen molar-refractivity contribution in [2.45, 2.75) is 0 Å². The number of carbonyl (C=O) groups is 1. The largest absolute Gasteiger partial charge is 0.495 e. The van der Waals surface area contributed by atoms with Gasteiger partial charge in [-0.1, -0.05) is 0 Å². The molecule has 0 amide bonds. The van der Waals surface area contributed by atoms with E-state index in [2.05, 4.69) is 0 Å². The summed E-state index contributed by atoms with van der Waals surface area (Å²) in [5.74, 6) is 0.568. The van der Waals surface area contributed by atoms with Crippen LogP contribution < -0.4 is 9.47 Å². The highest BCUT2D eigenvalue weighted by Crippen LogP contribution is 2.43. The number of nitro benzene ring substituents is 1. The molecule has 0 aliphatic carbocycles. The Morgan fingerprint density at radius 1 is 1.20 bits per heavy atom. The summed E-state index contributed by atoms with van der Waals surface area (Å²) < 4.78 is 16.4. The van der Waals surface area contributed by atoms with E-state index in [1.165, 1.54) is 31.6 Å². The minimum Gasteiger partial charge on any atom is -0.495 e. The number of ether oxygens (including phenoxy) is 2. The van der Waals surface area contributed by atoms with Gasteiger partial charge in [-0.15, -0.1) is 0 Å². The average Bonchev–Trinajstić information content (AvgIpc) is 3.18. The van der Waals surface area contributed by atoms with Crippen LogP contribution in [0.1, 0.15) is 15.9 Å². The zero-order valence-electron chi connectivity index (χ0n) is 13.0. The van der Waals surface area contributed by atoms with Crippen molar-refractivity contribution in [3.63, 3.8) is 0 Å². The minimum absolute atomic E-state index is 0.0221. The van der Waals surface area contributed by atoms with Crippen LogP contribution in [-0.4, -0.2) is 17.8 Å². The first-order valence-electron chi connectivity index (χ1n) is 7.35. The molecule has 124 valence electrons. The first-order chi connectivity index (χ1) is 12.1. The highest BCUT2D eigenvalue weighted by molar-refractivity contribution is 6.18. The molecule has 4 rings (SSSR count). The maximum Gasteiger partial charge on any atom is 0.269 e. The number of nitro groups is 1. The van der Waals surface area contributed by atoms with Crippen LogP contribution >= 0.6 is 0 Å². The molecule has 0 spiro atoms. The van der Waals surface area contributed by atoms with Crippen molar-refractivity contribution >= 4 is 28.5 Å². The molecule has 1 aliphatic heterocycles. The van der Waals surface area contributed by atoms with Gasteiger partial charge in [0.25, 0.3) is 5.69 Å². The normalized spacial score (nSPS) is 14.6. The molecular formula is C18H11NO6. The van der Waals surface area contributed by atoms with Crippen LogP contribution in [0.5, 0.6) is 11.5 Å². The van der Waals surface area contributed by atoms with Crippen molar-refractivity contribution in [1.82, 2.24) is 0 Å². The number of hydrogen-bond donors (Lipinski definition) is 0. The third kappa shape index (κ3) is 2.33. The summed E-state index contributed by atoms with van der Waals surface area (Å²) in [6.45, 7) is 0. The van der Waals surface area contributed by atoms with E-state index in [1.807, 2.05) is 0 Å². The molecule has 0 saturated heterocycles. The van der Waals surface area contributed by atoms with Gasteiger partial charge >= 0.3 is 0 Å². The number of non-ortho nitro benzene ring substituents is 1. The number of hydrogen-bond acceptors (Lipinski definition) is 6. The minimum atomic E-state index is -0.482. The molecule has 7 heteroatoms. The lowest BCUT2D eigenvalue weighted by molar-refractivity contribution is -0.384.